The van der Waals surface area contributed by atoms with Gasteiger partial charge in [-0.25, -0.2) is 4.98 Å². The molecule has 15 heavy (non-hydrogen) atoms. The topological polar surface area (TPSA) is 24.9 Å². The molecular weight excluding hydrogens is 204 g/mol. The summed E-state index contributed by atoms with van der Waals surface area (Å²) in [6.45, 7) is 5.38. The maximum atomic E-state index is 4.54. The molecule has 1 heterocycles. The molecule has 0 spiro atoms. The van der Waals surface area contributed by atoms with Crippen molar-refractivity contribution in [3.8, 4) is 0 Å². The summed E-state index contributed by atoms with van der Waals surface area (Å²) in [5.74, 6) is 0.861. The first-order valence-corrected chi connectivity index (χ1v) is 6.80. The molecule has 1 fully saturated rings. The highest BCUT2D eigenvalue weighted by molar-refractivity contribution is 7.09. The molecule has 0 amide bonds. The lowest BCUT2D eigenvalue weighted by Gasteiger charge is -2.10. The molecule has 1 N–H and O–H groups in total. The first-order valence-electron chi connectivity index (χ1n) is 5.92. The summed E-state index contributed by atoms with van der Waals surface area (Å²) in [5.41, 5.74) is 1.18. The van der Waals surface area contributed by atoms with Crippen molar-refractivity contribution in [2.24, 2.45) is 5.92 Å². The van der Waals surface area contributed by atoms with Gasteiger partial charge in [-0.2, -0.15) is 0 Å². The van der Waals surface area contributed by atoms with Crippen molar-refractivity contribution in [3.05, 3.63) is 16.1 Å². The zero-order valence-corrected chi connectivity index (χ0v) is 10.4. The van der Waals surface area contributed by atoms with E-state index >= 15 is 0 Å². The Morgan fingerprint density at radius 3 is 3.07 bits per heavy atom. The minimum Gasteiger partial charge on any atom is -0.314 e. The molecule has 0 radical (unpaired) electrons. The Balaban J connectivity index is 1.82. The number of hydrogen-bond donors (Lipinski definition) is 1. The quantitative estimate of drug-likeness (QED) is 0.850. The second kappa shape index (κ2) is 5.08. The van der Waals surface area contributed by atoms with Gasteiger partial charge in [0.05, 0.1) is 5.01 Å². The van der Waals surface area contributed by atoms with Crippen molar-refractivity contribution in [1.29, 1.82) is 0 Å². The van der Waals surface area contributed by atoms with E-state index in [4.69, 9.17) is 0 Å². The van der Waals surface area contributed by atoms with Gasteiger partial charge in [0.1, 0.15) is 0 Å². The molecule has 2 nitrogen and oxygen atoms in total. The Morgan fingerprint density at radius 1 is 1.53 bits per heavy atom. The molecule has 0 saturated heterocycles. The fraction of sp³-hybridized carbons (Fsp3) is 0.750. The molecule has 2 atom stereocenters. The van der Waals surface area contributed by atoms with Gasteiger partial charge in [0, 0.05) is 23.5 Å². The van der Waals surface area contributed by atoms with Gasteiger partial charge in [0.2, 0.25) is 0 Å². The van der Waals surface area contributed by atoms with Crippen LogP contribution in [0.5, 0.6) is 0 Å². The zero-order chi connectivity index (χ0) is 10.7. The van der Waals surface area contributed by atoms with Crippen LogP contribution >= 0.6 is 11.3 Å². The van der Waals surface area contributed by atoms with E-state index in [0.717, 1.165) is 18.5 Å². The lowest BCUT2D eigenvalue weighted by molar-refractivity contribution is 0.493. The third-order valence-electron chi connectivity index (χ3n) is 3.16. The van der Waals surface area contributed by atoms with Crippen LogP contribution in [0.1, 0.15) is 36.9 Å². The first kappa shape index (κ1) is 11.1. The van der Waals surface area contributed by atoms with Crippen molar-refractivity contribution in [2.75, 3.05) is 6.54 Å². The second-order valence-corrected chi connectivity index (χ2v) is 5.46. The van der Waals surface area contributed by atoms with Crippen LogP contribution < -0.4 is 5.32 Å². The van der Waals surface area contributed by atoms with Gasteiger partial charge in [0.15, 0.2) is 0 Å². The Kier molecular flexibility index (Phi) is 3.76. The Labute approximate surface area is 96.1 Å². The number of hydrogen-bond acceptors (Lipinski definition) is 3. The van der Waals surface area contributed by atoms with E-state index in [1.165, 1.54) is 36.4 Å². The summed E-state index contributed by atoms with van der Waals surface area (Å²) in [6, 6.07) is 0.765. The second-order valence-electron chi connectivity index (χ2n) is 4.52. The van der Waals surface area contributed by atoms with Crippen molar-refractivity contribution in [1.82, 2.24) is 10.3 Å². The van der Waals surface area contributed by atoms with Crippen LogP contribution in [0.25, 0.3) is 0 Å². The third-order valence-corrected chi connectivity index (χ3v) is 4.15. The SMILES string of the molecule is CCNC1CCC(Cc2nc(C)cs2)C1. The predicted octanol–water partition coefficient (Wildman–Crippen LogP) is 2.77. The Hall–Kier alpha value is -0.410. The highest BCUT2D eigenvalue weighted by Crippen LogP contribution is 2.29. The van der Waals surface area contributed by atoms with Gasteiger partial charge in [0.25, 0.3) is 0 Å². The Morgan fingerprint density at radius 2 is 2.40 bits per heavy atom. The minimum atomic E-state index is 0.765. The van der Waals surface area contributed by atoms with E-state index in [1.807, 2.05) is 11.3 Å². The van der Waals surface area contributed by atoms with Gasteiger partial charge in [-0.05, 0) is 38.6 Å². The molecule has 84 valence electrons. The number of nitrogens with zero attached hydrogens (tertiary/aromatic N) is 1. The fourth-order valence-corrected chi connectivity index (χ4v) is 3.37. The average molecular weight is 224 g/mol. The highest BCUT2D eigenvalue weighted by Gasteiger charge is 2.24. The van der Waals surface area contributed by atoms with Crippen molar-refractivity contribution in [2.45, 2.75) is 45.6 Å². The van der Waals surface area contributed by atoms with Gasteiger partial charge < -0.3 is 5.32 Å². The Bertz CT molecular complexity index is 308. The zero-order valence-electron chi connectivity index (χ0n) is 9.62. The number of thiazole rings is 1. The summed E-state index contributed by atoms with van der Waals surface area (Å²) in [6.07, 6.45) is 5.26. The fourth-order valence-electron chi connectivity index (χ4n) is 2.48. The first-order chi connectivity index (χ1) is 7.28. The number of nitrogens with one attached hydrogen (secondary N) is 1. The van der Waals surface area contributed by atoms with E-state index in [2.05, 4.69) is 29.5 Å². The van der Waals surface area contributed by atoms with Crippen molar-refractivity contribution < 1.29 is 0 Å². The maximum absolute atomic E-state index is 4.54. The lowest BCUT2D eigenvalue weighted by Crippen LogP contribution is -2.25. The summed E-state index contributed by atoms with van der Waals surface area (Å²) < 4.78 is 0. The summed E-state index contributed by atoms with van der Waals surface area (Å²) >= 11 is 1.82. The van der Waals surface area contributed by atoms with Crippen LogP contribution in [-0.2, 0) is 6.42 Å². The summed E-state index contributed by atoms with van der Waals surface area (Å²) in [4.78, 5) is 4.54. The molecular formula is C12H20N2S. The van der Waals surface area contributed by atoms with Gasteiger partial charge >= 0.3 is 0 Å². The van der Waals surface area contributed by atoms with E-state index in [0.29, 0.717) is 0 Å². The summed E-state index contributed by atoms with van der Waals surface area (Å²) in [5, 5.41) is 7.04. The molecule has 2 unspecified atom stereocenters. The van der Waals surface area contributed by atoms with Crippen LogP contribution in [0.15, 0.2) is 5.38 Å². The molecule has 2 rings (SSSR count). The molecule has 0 aromatic carbocycles. The van der Waals surface area contributed by atoms with Crippen molar-refractivity contribution in [3.63, 3.8) is 0 Å². The standard InChI is InChI=1S/C12H20N2S/c1-3-13-11-5-4-10(6-11)7-12-14-9(2)8-15-12/h8,10-11,13H,3-7H2,1-2H3. The molecule has 1 saturated carbocycles. The van der Waals surface area contributed by atoms with Crippen LogP contribution in [0.3, 0.4) is 0 Å². The molecule has 1 aromatic rings. The molecule has 3 heteroatoms. The minimum absolute atomic E-state index is 0.765. The lowest BCUT2D eigenvalue weighted by atomic mass is 10.0. The average Bonchev–Trinajstić information content (AvgIpc) is 2.78. The molecule has 1 aromatic heterocycles. The van der Waals surface area contributed by atoms with Gasteiger partial charge in [-0.15, -0.1) is 11.3 Å². The monoisotopic (exact) mass is 224 g/mol. The van der Waals surface area contributed by atoms with E-state index in [1.54, 1.807) is 0 Å². The maximum Gasteiger partial charge on any atom is 0.0930 e. The van der Waals surface area contributed by atoms with Crippen LogP contribution in [0, 0.1) is 12.8 Å². The van der Waals surface area contributed by atoms with E-state index in [-0.39, 0.29) is 0 Å². The molecule has 0 aliphatic heterocycles. The molecule has 0 bridgehead atoms. The predicted molar refractivity (Wildman–Crippen MR) is 65.4 cm³/mol. The molecule has 1 aliphatic rings. The van der Waals surface area contributed by atoms with Crippen LogP contribution in [0.2, 0.25) is 0 Å². The molecule has 1 aliphatic carbocycles. The van der Waals surface area contributed by atoms with Gasteiger partial charge in [-0.3, -0.25) is 0 Å². The normalized spacial score (nSPS) is 26.0. The third kappa shape index (κ3) is 3.02. The van der Waals surface area contributed by atoms with Crippen molar-refractivity contribution >= 4 is 11.3 Å². The number of rotatable bonds is 4. The van der Waals surface area contributed by atoms with Gasteiger partial charge in [-0.1, -0.05) is 6.92 Å². The van der Waals surface area contributed by atoms with Crippen LogP contribution in [0.4, 0.5) is 0 Å². The summed E-state index contributed by atoms with van der Waals surface area (Å²) in [7, 11) is 0. The van der Waals surface area contributed by atoms with Crippen LogP contribution in [-0.4, -0.2) is 17.6 Å². The highest BCUT2D eigenvalue weighted by atomic mass is 32.1. The van der Waals surface area contributed by atoms with E-state index in [9.17, 15) is 0 Å². The largest absolute Gasteiger partial charge is 0.314 e. The number of aryl methyl sites for hydroxylation is 1. The van der Waals surface area contributed by atoms with E-state index < -0.39 is 0 Å². The number of aromatic nitrogens is 1. The smallest absolute Gasteiger partial charge is 0.0930 e.